The van der Waals surface area contributed by atoms with E-state index in [-0.39, 0.29) is 12.0 Å². The molecule has 3 fully saturated rings. The highest BCUT2D eigenvalue weighted by Gasteiger charge is 2.34. The summed E-state index contributed by atoms with van der Waals surface area (Å²) in [6, 6.07) is 0. The number of carbonyl (C=O) groups is 1. The second-order valence-electron chi connectivity index (χ2n) is 8.42. The van der Waals surface area contributed by atoms with Gasteiger partial charge in [0.2, 0.25) is 0 Å². The lowest BCUT2D eigenvalue weighted by molar-refractivity contribution is -0.125. The number of rotatable bonds is 5. The van der Waals surface area contributed by atoms with Gasteiger partial charge in [0.05, 0.1) is 12.6 Å². The second-order valence-corrected chi connectivity index (χ2v) is 8.42. The number of hydrogen-bond donors (Lipinski definition) is 1. The molecule has 1 aliphatic heterocycles. The van der Waals surface area contributed by atoms with E-state index in [9.17, 15) is 14.3 Å². The lowest BCUT2D eigenvalue weighted by Crippen LogP contribution is -2.43. The number of aliphatic hydroxyl groups is 1. The van der Waals surface area contributed by atoms with Crippen LogP contribution in [0.5, 0.6) is 0 Å². The first-order valence-corrected chi connectivity index (χ1v) is 10.2. The monoisotopic (exact) mass is 339 g/mol. The molecule has 1 saturated heterocycles. The van der Waals surface area contributed by atoms with Crippen LogP contribution in [-0.2, 0) is 4.79 Å². The van der Waals surface area contributed by atoms with Gasteiger partial charge in [-0.05, 0) is 76.3 Å². The first-order chi connectivity index (χ1) is 11.6. The Morgan fingerprint density at radius 3 is 2.12 bits per heavy atom. The van der Waals surface area contributed by atoms with Crippen molar-refractivity contribution in [1.82, 2.24) is 4.90 Å². The molecule has 0 aromatic carbocycles. The van der Waals surface area contributed by atoms with Gasteiger partial charge < -0.3 is 5.11 Å². The van der Waals surface area contributed by atoms with Gasteiger partial charge in [-0.15, -0.1) is 0 Å². The Kier molecular flexibility index (Phi) is 6.68. The molecule has 0 bridgehead atoms. The minimum Gasteiger partial charge on any atom is -0.393 e. The van der Waals surface area contributed by atoms with Gasteiger partial charge in [-0.3, -0.25) is 9.69 Å². The van der Waals surface area contributed by atoms with Crippen LogP contribution >= 0.6 is 0 Å². The van der Waals surface area contributed by atoms with Crippen molar-refractivity contribution in [3.05, 3.63) is 0 Å². The van der Waals surface area contributed by atoms with Crippen molar-refractivity contribution in [1.29, 1.82) is 0 Å². The summed E-state index contributed by atoms with van der Waals surface area (Å²) in [5, 5.41) is 10.6. The number of halogens is 1. The van der Waals surface area contributed by atoms with E-state index in [4.69, 9.17) is 0 Å². The average Bonchev–Trinajstić information content (AvgIpc) is 2.63. The third-order valence-electron chi connectivity index (χ3n) is 6.74. The molecule has 138 valence electrons. The molecule has 4 heteroatoms. The van der Waals surface area contributed by atoms with Gasteiger partial charge in [0.25, 0.3) is 0 Å². The first kappa shape index (κ1) is 18.3. The fourth-order valence-corrected chi connectivity index (χ4v) is 5.03. The third-order valence-corrected chi connectivity index (χ3v) is 6.74. The van der Waals surface area contributed by atoms with E-state index in [1.54, 1.807) is 0 Å². The summed E-state index contributed by atoms with van der Waals surface area (Å²) in [5.41, 5.74) is 0. The molecule has 0 amide bonds. The molecule has 3 rings (SSSR count). The van der Waals surface area contributed by atoms with Crippen LogP contribution in [-0.4, -0.2) is 47.7 Å². The van der Waals surface area contributed by atoms with Gasteiger partial charge >= 0.3 is 0 Å². The Hall–Kier alpha value is -0.480. The van der Waals surface area contributed by atoms with E-state index in [0.29, 0.717) is 37.0 Å². The maximum atomic E-state index is 13.3. The molecule has 2 aliphatic carbocycles. The van der Waals surface area contributed by atoms with Crippen LogP contribution < -0.4 is 0 Å². The van der Waals surface area contributed by atoms with Crippen LogP contribution in [0.4, 0.5) is 4.39 Å². The van der Waals surface area contributed by atoms with Gasteiger partial charge in [0.15, 0.2) is 0 Å². The minimum absolute atomic E-state index is 0.270. The van der Waals surface area contributed by atoms with Gasteiger partial charge in [-0.1, -0.05) is 19.3 Å². The van der Waals surface area contributed by atoms with Crippen molar-refractivity contribution in [3.8, 4) is 0 Å². The molecule has 2 saturated carbocycles. The third kappa shape index (κ3) is 4.78. The van der Waals surface area contributed by atoms with E-state index in [1.165, 1.54) is 19.3 Å². The van der Waals surface area contributed by atoms with E-state index >= 15 is 0 Å². The van der Waals surface area contributed by atoms with Crippen molar-refractivity contribution >= 4 is 5.78 Å². The molecule has 3 nitrogen and oxygen atoms in total. The van der Waals surface area contributed by atoms with E-state index in [2.05, 4.69) is 4.90 Å². The highest BCUT2D eigenvalue weighted by atomic mass is 19.1. The number of aliphatic hydroxyl groups excluding tert-OH is 1. The van der Waals surface area contributed by atoms with Crippen LogP contribution in [0.1, 0.15) is 70.6 Å². The Labute approximate surface area is 146 Å². The Morgan fingerprint density at radius 2 is 1.50 bits per heavy atom. The molecule has 24 heavy (non-hydrogen) atoms. The summed E-state index contributed by atoms with van der Waals surface area (Å²) in [6.07, 6.45) is 9.85. The average molecular weight is 339 g/mol. The zero-order valence-electron chi connectivity index (χ0n) is 15.0. The van der Waals surface area contributed by atoms with Crippen LogP contribution in [0.25, 0.3) is 0 Å². The summed E-state index contributed by atoms with van der Waals surface area (Å²) < 4.78 is 13.3. The molecule has 0 spiro atoms. The lowest BCUT2D eigenvalue weighted by Gasteiger charge is -2.38. The maximum Gasteiger partial charge on any atom is 0.149 e. The van der Waals surface area contributed by atoms with Crippen LogP contribution in [0.3, 0.4) is 0 Å². The molecule has 3 aliphatic rings. The number of carbonyl (C=O) groups excluding carboxylic acids is 1. The lowest BCUT2D eigenvalue weighted by atomic mass is 9.77. The molecule has 1 N–H and O–H groups in total. The second kappa shape index (κ2) is 8.75. The Morgan fingerprint density at radius 1 is 0.917 bits per heavy atom. The molecular formula is C20H34FNO2. The predicted octanol–water partition coefficient (Wildman–Crippen LogP) is 3.74. The van der Waals surface area contributed by atoms with E-state index < -0.39 is 6.17 Å². The number of piperidine rings is 1. The standard InChI is InChI=1S/C20H34FNO2/c21-18-8-6-16(7-9-18)20(24)17-10-12-22(13-11-17)14-19(23)15-4-2-1-3-5-15/h15-18,20,24H,1-14H2. The normalized spacial score (nSPS) is 32.6. The zero-order valence-corrected chi connectivity index (χ0v) is 15.0. The van der Waals surface area contributed by atoms with Gasteiger partial charge in [0, 0.05) is 5.92 Å². The summed E-state index contributed by atoms with van der Waals surface area (Å²) in [4.78, 5) is 14.7. The molecule has 1 unspecified atom stereocenters. The summed E-state index contributed by atoms with van der Waals surface area (Å²) in [7, 11) is 0. The SMILES string of the molecule is O=C(CN1CCC(C(O)C2CCC(F)CC2)CC1)C1CCCCC1. The van der Waals surface area contributed by atoms with Crippen molar-refractivity contribution in [2.24, 2.45) is 17.8 Å². The Balaban J connectivity index is 1.39. The van der Waals surface area contributed by atoms with Crippen LogP contribution in [0.15, 0.2) is 0 Å². The highest BCUT2D eigenvalue weighted by molar-refractivity contribution is 5.83. The quantitative estimate of drug-likeness (QED) is 0.829. The van der Waals surface area contributed by atoms with Gasteiger partial charge in [0.1, 0.15) is 12.0 Å². The number of ketones is 1. The summed E-state index contributed by atoms with van der Waals surface area (Å²) in [5.74, 6) is 1.37. The Bertz CT molecular complexity index is 394. The predicted molar refractivity (Wildman–Crippen MR) is 93.6 cm³/mol. The van der Waals surface area contributed by atoms with Crippen molar-refractivity contribution in [2.45, 2.75) is 82.9 Å². The fourth-order valence-electron chi connectivity index (χ4n) is 5.03. The van der Waals surface area contributed by atoms with Crippen LogP contribution in [0, 0.1) is 17.8 Å². The minimum atomic E-state index is -0.652. The molecule has 0 aromatic heterocycles. The number of nitrogens with zero attached hydrogens (tertiary/aromatic N) is 1. The molecular weight excluding hydrogens is 305 g/mol. The maximum absolute atomic E-state index is 13.3. The molecule has 0 aromatic rings. The zero-order chi connectivity index (χ0) is 16.9. The number of hydrogen-bond acceptors (Lipinski definition) is 3. The van der Waals surface area contributed by atoms with Gasteiger partial charge in [-0.25, -0.2) is 4.39 Å². The van der Waals surface area contributed by atoms with Gasteiger partial charge in [-0.2, -0.15) is 0 Å². The van der Waals surface area contributed by atoms with E-state index in [1.807, 2.05) is 0 Å². The smallest absolute Gasteiger partial charge is 0.149 e. The number of alkyl halides is 1. The summed E-state index contributed by atoms with van der Waals surface area (Å²) in [6.45, 7) is 2.47. The van der Waals surface area contributed by atoms with Crippen molar-refractivity contribution in [2.75, 3.05) is 19.6 Å². The summed E-state index contributed by atoms with van der Waals surface area (Å²) >= 11 is 0. The number of Topliss-reactive ketones (excluding diaryl/α,β-unsaturated/α-hetero) is 1. The highest BCUT2D eigenvalue weighted by Crippen LogP contribution is 2.34. The van der Waals surface area contributed by atoms with Crippen LogP contribution in [0.2, 0.25) is 0 Å². The van der Waals surface area contributed by atoms with E-state index in [0.717, 1.165) is 51.6 Å². The topological polar surface area (TPSA) is 40.5 Å². The largest absolute Gasteiger partial charge is 0.393 e. The molecule has 1 atom stereocenters. The molecule has 0 radical (unpaired) electrons. The van der Waals surface area contributed by atoms with Crippen molar-refractivity contribution in [3.63, 3.8) is 0 Å². The molecule has 1 heterocycles. The number of likely N-dealkylation sites (tertiary alicyclic amines) is 1. The fraction of sp³-hybridized carbons (Fsp3) is 0.950. The van der Waals surface area contributed by atoms with Crippen molar-refractivity contribution < 1.29 is 14.3 Å². The first-order valence-electron chi connectivity index (χ1n) is 10.2.